The number of thiophene rings is 1. The average molecular weight is 390 g/mol. The fraction of sp³-hybridized carbons (Fsp3) is 0.450. The Balaban J connectivity index is 1.60. The minimum Gasteiger partial charge on any atom is -0.490 e. The summed E-state index contributed by atoms with van der Waals surface area (Å²) >= 11 is 1.68. The highest BCUT2D eigenvalue weighted by Crippen LogP contribution is 2.32. The first-order valence-electron chi connectivity index (χ1n) is 9.42. The Kier molecular flexibility index (Phi) is 6.95. The number of fused-ring (bicyclic) bond motifs is 1. The number of nitrogens with zero attached hydrogens (tertiary/aromatic N) is 1. The number of benzene rings is 1. The summed E-state index contributed by atoms with van der Waals surface area (Å²) in [5, 5.41) is 10.1. The van der Waals surface area contributed by atoms with Crippen LogP contribution in [-0.2, 0) is 0 Å². The van der Waals surface area contributed by atoms with Crippen LogP contribution in [0.2, 0.25) is 0 Å². The molecule has 0 bridgehead atoms. The van der Waals surface area contributed by atoms with E-state index in [1.165, 1.54) is 5.56 Å². The van der Waals surface area contributed by atoms with E-state index in [4.69, 9.17) is 9.47 Å². The predicted octanol–water partition coefficient (Wildman–Crippen LogP) is 4.11. The first-order chi connectivity index (χ1) is 13.2. The molecule has 27 heavy (non-hydrogen) atoms. The van der Waals surface area contributed by atoms with Gasteiger partial charge in [-0.1, -0.05) is 13.8 Å². The van der Waals surface area contributed by atoms with Crippen molar-refractivity contribution in [1.29, 1.82) is 0 Å². The van der Waals surface area contributed by atoms with Crippen molar-refractivity contribution in [1.82, 2.24) is 10.2 Å². The van der Waals surface area contributed by atoms with Crippen LogP contribution in [0.1, 0.15) is 31.9 Å². The van der Waals surface area contributed by atoms with Gasteiger partial charge in [-0.25, -0.2) is 4.79 Å². The van der Waals surface area contributed by atoms with Gasteiger partial charge in [-0.15, -0.1) is 0 Å². The molecule has 0 aliphatic carbocycles. The number of carbonyl (C=O) groups excluding carboxylic acids is 1. The fourth-order valence-corrected chi connectivity index (χ4v) is 3.90. The lowest BCUT2D eigenvalue weighted by Gasteiger charge is -2.29. The molecule has 7 heteroatoms. The molecule has 0 saturated carbocycles. The van der Waals surface area contributed by atoms with Crippen molar-refractivity contribution in [2.24, 2.45) is 0 Å². The molecular formula is C20H27N3O3S. The Labute approximate surface area is 164 Å². The average Bonchev–Trinajstić information content (AvgIpc) is 3.10. The van der Waals surface area contributed by atoms with Crippen molar-refractivity contribution in [2.45, 2.75) is 26.3 Å². The smallest absolute Gasteiger partial charge is 0.319 e. The molecule has 2 amide bonds. The topological polar surface area (TPSA) is 62.8 Å². The monoisotopic (exact) mass is 389 g/mol. The maximum atomic E-state index is 12.4. The van der Waals surface area contributed by atoms with E-state index in [1.807, 2.05) is 12.1 Å². The third-order valence-corrected chi connectivity index (χ3v) is 5.34. The van der Waals surface area contributed by atoms with E-state index in [9.17, 15) is 4.79 Å². The first kappa shape index (κ1) is 19.5. The van der Waals surface area contributed by atoms with Crippen molar-refractivity contribution >= 4 is 23.1 Å². The normalized spacial score (nSPS) is 14.5. The number of hydrogen-bond donors (Lipinski definition) is 2. The lowest BCUT2D eigenvalue weighted by atomic mass is 10.1. The number of carbonyl (C=O) groups is 1. The summed E-state index contributed by atoms with van der Waals surface area (Å²) < 4.78 is 11.3. The molecule has 1 aromatic carbocycles. The van der Waals surface area contributed by atoms with Gasteiger partial charge in [0.25, 0.3) is 0 Å². The summed E-state index contributed by atoms with van der Waals surface area (Å²) in [4.78, 5) is 14.8. The van der Waals surface area contributed by atoms with Gasteiger partial charge in [0.2, 0.25) is 0 Å². The molecule has 146 valence electrons. The number of anilines is 1. The number of hydrogen-bond acceptors (Lipinski definition) is 5. The number of ether oxygens (including phenoxy) is 2. The third-order valence-electron chi connectivity index (χ3n) is 4.64. The molecule has 0 spiro atoms. The van der Waals surface area contributed by atoms with E-state index in [-0.39, 0.29) is 12.1 Å². The summed E-state index contributed by atoms with van der Waals surface area (Å²) in [7, 11) is 0. The highest BCUT2D eigenvalue weighted by atomic mass is 32.1. The van der Waals surface area contributed by atoms with Crippen LogP contribution < -0.4 is 20.1 Å². The van der Waals surface area contributed by atoms with E-state index in [2.05, 4.69) is 46.2 Å². The van der Waals surface area contributed by atoms with Crippen LogP contribution in [0.25, 0.3) is 0 Å². The molecule has 0 fully saturated rings. The summed E-state index contributed by atoms with van der Waals surface area (Å²) in [5.41, 5.74) is 1.92. The molecule has 1 aliphatic heterocycles. The SMILES string of the molecule is CCN(CC)C(CNC(=O)Nc1ccc2c(c1)OCCCO2)c1ccsc1. The molecule has 0 radical (unpaired) electrons. The quantitative estimate of drug-likeness (QED) is 0.748. The van der Waals surface area contributed by atoms with Crippen molar-refractivity contribution in [3.8, 4) is 11.5 Å². The van der Waals surface area contributed by atoms with Crippen LogP contribution in [0.4, 0.5) is 10.5 Å². The second-order valence-electron chi connectivity index (χ2n) is 6.34. The summed E-state index contributed by atoms with van der Waals surface area (Å²) in [6.45, 7) is 7.96. The van der Waals surface area contributed by atoms with E-state index in [0.717, 1.165) is 25.3 Å². The molecular weight excluding hydrogens is 362 g/mol. The van der Waals surface area contributed by atoms with Crippen molar-refractivity contribution in [3.63, 3.8) is 0 Å². The molecule has 0 saturated heterocycles. The van der Waals surface area contributed by atoms with E-state index >= 15 is 0 Å². The Bertz CT molecular complexity index is 732. The lowest BCUT2D eigenvalue weighted by Crippen LogP contribution is -2.39. The van der Waals surface area contributed by atoms with E-state index in [0.29, 0.717) is 31.2 Å². The van der Waals surface area contributed by atoms with Gasteiger partial charge in [-0.05, 0) is 47.6 Å². The van der Waals surface area contributed by atoms with E-state index in [1.54, 1.807) is 17.4 Å². The minimum absolute atomic E-state index is 0.167. The molecule has 2 heterocycles. The van der Waals surface area contributed by atoms with Crippen LogP contribution in [0.3, 0.4) is 0 Å². The van der Waals surface area contributed by atoms with Crippen LogP contribution >= 0.6 is 11.3 Å². The van der Waals surface area contributed by atoms with Crippen molar-refractivity contribution in [2.75, 3.05) is 38.2 Å². The maximum absolute atomic E-state index is 12.4. The second-order valence-corrected chi connectivity index (χ2v) is 7.12. The molecule has 3 rings (SSSR count). The maximum Gasteiger partial charge on any atom is 0.319 e. The van der Waals surface area contributed by atoms with Crippen LogP contribution in [-0.4, -0.2) is 43.8 Å². The summed E-state index contributed by atoms with van der Waals surface area (Å²) in [6.07, 6.45) is 0.854. The molecule has 2 aromatic rings. The number of rotatable bonds is 7. The number of urea groups is 1. The standard InChI is InChI=1S/C20H27N3O3S/c1-3-23(4-2)17(15-8-11-27-14-15)13-21-20(24)22-16-6-7-18-19(12-16)26-10-5-9-25-18/h6-8,11-12,14,17H,3-5,9-10,13H2,1-2H3,(H2,21,22,24). The predicted molar refractivity (Wildman–Crippen MR) is 109 cm³/mol. The van der Waals surface area contributed by atoms with Crippen molar-refractivity contribution < 1.29 is 14.3 Å². The Morgan fingerprint density at radius 2 is 1.96 bits per heavy atom. The Morgan fingerprint density at radius 3 is 2.67 bits per heavy atom. The van der Waals surface area contributed by atoms with Gasteiger partial charge in [0.05, 0.1) is 19.3 Å². The van der Waals surface area contributed by atoms with Crippen molar-refractivity contribution in [3.05, 3.63) is 40.6 Å². The van der Waals surface area contributed by atoms with Crippen LogP contribution in [0.5, 0.6) is 11.5 Å². The van der Waals surface area contributed by atoms with Gasteiger partial charge in [0.15, 0.2) is 11.5 Å². The summed E-state index contributed by atoms with van der Waals surface area (Å²) in [5.74, 6) is 1.39. The van der Waals surface area contributed by atoms with Gasteiger partial charge in [0, 0.05) is 24.7 Å². The van der Waals surface area contributed by atoms with Gasteiger partial charge in [-0.3, -0.25) is 4.90 Å². The van der Waals surface area contributed by atoms with Gasteiger partial charge < -0.3 is 20.1 Å². The minimum atomic E-state index is -0.225. The van der Waals surface area contributed by atoms with Gasteiger partial charge in [-0.2, -0.15) is 11.3 Å². The highest BCUT2D eigenvalue weighted by molar-refractivity contribution is 7.07. The van der Waals surface area contributed by atoms with Gasteiger partial charge >= 0.3 is 6.03 Å². The third kappa shape index (κ3) is 5.14. The molecule has 6 nitrogen and oxygen atoms in total. The molecule has 2 N–H and O–H groups in total. The highest BCUT2D eigenvalue weighted by Gasteiger charge is 2.19. The van der Waals surface area contributed by atoms with E-state index < -0.39 is 0 Å². The Morgan fingerprint density at radius 1 is 1.19 bits per heavy atom. The number of amides is 2. The van der Waals surface area contributed by atoms with Crippen LogP contribution in [0.15, 0.2) is 35.0 Å². The summed E-state index contributed by atoms with van der Waals surface area (Å²) in [6, 6.07) is 7.53. The molecule has 1 atom stereocenters. The second kappa shape index (κ2) is 9.62. The fourth-order valence-electron chi connectivity index (χ4n) is 3.19. The first-order valence-corrected chi connectivity index (χ1v) is 10.4. The largest absolute Gasteiger partial charge is 0.490 e. The molecule has 1 aromatic heterocycles. The zero-order chi connectivity index (χ0) is 19.1. The lowest BCUT2D eigenvalue weighted by molar-refractivity contribution is 0.210. The van der Waals surface area contributed by atoms with Crippen LogP contribution in [0, 0.1) is 0 Å². The molecule has 1 aliphatic rings. The zero-order valence-electron chi connectivity index (χ0n) is 15.9. The number of nitrogens with one attached hydrogen (secondary N) is 2. The number of likely N-dealkylation sites (N-methyl/N-ethyl adjacent to an activating group) is 1. The Hall–Kier alpha value is -2.25. The molecule has 1 unspecified atom stereocenters. The zero-order valence-corrected chi connectivity index (χ0v) is 16.7. The van der Waals surface area contributed by atoms with Gasteiger partial charge in [0.1, 0.15) is 0 Å².